The molecule has 3 rings (SSSR count). The van der Waals surface area contributed by atoms with E-state index in [4.69, 9.17) is 0 Å². The van der Waals surface area contributed by atoms with Gasteiger partial charge in [-0.15, -0.1) is 11.3 Å². The van der Waals surface area contributed by atoms with Crippen LogP contribution in [0.15, 0.2) is 54.6 Å². The number of hydrogen-bond acceptors (Lipinski definition) is 4. The second-order valence-electron chi connectivity index (χ2n) is 6.08. The molecule has 2 aromatic carbocycles. The van der Waals surface area contributed by atoms with Gasteiger partial charge < -0.3 is 4.90 Å². The fourth-order valence-corrected chi connectivity index (χ4v) is 4.56. The van der Waals surface area contributed by atoms with Crippen molar-refractivity contribution in [1.29, 1.82) is 0 Å². The highest BCUT2D eigenvalue weighted by Crippen LogP contribution is 2.47. The lowest BCUT2D eigenvalue weighted by molar-refractivity contribution is -0.384. The third-order valence-corrected chi connectivity index (χ3v) is 5.95. The monoisotopic (exact) mass is 366 g/mol. The maximum atomic E-state index is 10.9. The van der Waals surface area contributed by atoms with Gasteiger partial charge in [0, 0.05) is 30.1 Å². The molecule has 0 spiro atoms. The highest BCUT2D eigenvalue weighted by Gasteiger charge is 2.21. The van der Waals surface area contributed by atoms with Crippen molar-refractivity contribution >= 4 is 22.7 Å². The molecule has 134 valence electrons. The summed E-state index contributed by atoms with van der Waals surface area (Å²) in [6.07, 6.45) is 0. The molecular formula is C21H22N2O2S. The predicted molar refractivity (Wildman–Crippen MR) is 110 cm³/mol. The summed E-state index contributed by atoms with van der Waals surface area (Å²) in [5, 5.41) is 10.9. The summed E-state index contributed by atoms with van der Waals surface area (Å²) < 4.78 is 0. The van der Waals surface area contributed by atoms with E-state index in [2.05, 4.69) is 49.9 Å². The standard InChI is InChI=1S/C21H22N2O2S/c1-4-22(5-2)19-15(3)20(17-11-13-18(14-12-17)23(24)25)26-21(19)16-9-7-6-8-10-16/h6-14H,4-5H2,1-3H3. The van der Waals surface area contributed by atoms with Crippen LogP contribution in [0.25, 0.3) is 20.9 Å². The molecule has 26 heavy (non-hydrogen) atoms. The van der Waals surface area contributed by atoms with Crippen molar-refractivity contribution in [3.63, 3.8) is 0 Å². The number of non-ortho nitro benzene ring substituents is 1. The van der Waals surface area contributed by atoms with Gasteiger partial charge in [-0.25, -0.2) is 0 Å². The number of nitro groups is 1. The van der Waals surface area contributed by atoms with Crippen molar-refractivity contribution in [2.24, 2.45) is 0 Å². The van der Waals surface area contributed by atoms with Gasteiger partial charge in [0.2, 0.25) is 0 Å². The summed E-state index contributed by atoms with van der Waals surface area (Å²) in [6, 6.07) is 17.3. The summed E-state index contributed by atoms with van der Waals surface area (Å²) >= 11 is 1.75. The Kier molecular flexibility index (Phi) is 5.38. The van der Waals surface area contributed by atoms with E-state index in [1.165, 1.54) is 26.6 Å². The van der Waals surface area contributed by atoms with Gasteiger partial charge >= 0.3 is 0 Å². The highest BCUT2D eigenvalue weighted by molar-refractivity contribution is 7.19. The molecule has 0 unspecified atom stereocenters. The second kappa shape index (κ2) is 7.70. The van der Waals surface area contributed by atoms with Crippen LogP contribution in [0.3, 0.4) is 0 Å². The van der Waals surface area contributed by atoms with E-state index >= 15 is 0 Å². The molecular weight excluding hydrogens is 344 g/mol. The first-order valence-corrected chi connectivity index (χ1v) is 9.57. The lowest BCUT2D eigenvalue weighted by Crippen LogP contribution is -2.22. The molecule has 0 fully saturated rings. The van der Waals surface area contributed by atoms with Gasteiger partial charge in [0.05, 0.1) is 15.5 Å². The molecule has 0 amide bonds. The average molecular weight is 366 g/mol. The van der Waals surface area contributed by atoms with Crippen LogP contribution < -0.4 is 4.90 Å². The van der Waals surface area contributed by atoms with Crippen molar-refractivity contribution in [1.82, 2.24) is 0 Å². The van der Waals surface area contributed by atoms with Crippen LogP contribution in [0.1, 0.15) is 19.4 Å². The lowest BCUT2D eigenvalue weighted by Gasteiger charge is -2.23. The maximum Gasteiger partial charge on any atom is 0.269 e. The van der Waals surface area contributed by atoms with Gasteiger partial charge in [-0.3, -0.25) is 10.1 Å². The molecule has 0 atom stereocenters. The summed E-state index contributed by atoms with van der Waals surface area (Å²) in [5.41, 5.74) is 4.84. The Morgan fingerprint density at radius 2 is 1.50 bits per heavy atom. The van der Waals surface area contributed by atoms with Crippen molar-refractivity contribution < 1.29 is 4.92 Å². The topological polar surface area (TPSA) is 46.4 Å². The number of nitro benzene ring substituents is 1. The van der Waals surface area contributed by atoms with E-state index in [0.29, 0.717) is 0 Å². The molecule has 0 aliphatic rings. The SMILES string of the molecule is CCN(CC)c1c(-c2ccccc2)sc(-c2ccc([N+](=O)[O-])cc2)c1C. The maximum absolute atomic E-state index is 10.9. The zero-order chi connectivity index (χ0) is 18.7. The molecule has 0 saturated heterocycles. The van der Waals surface area contributed by atoms with E-state index < -0.39 is 0 Å². The fraction of sp³-hybridized carbons (Fsp3) is 0.238. The first-order chi connectivity index (χ1) is 12.6. The minimum atomic E-state index is -0.359. The van der Waals surface area contributed by atoms with E-state index in [0.717, 1.165) is 18.7 Å². The molecule has 0 saturated carbocycles. The Morgan fingerprint density at radius 1 is 0.923 bits per heavy atom. The molecule has 0 radical (unpaired) electrons. The molecule has 3 aromatic rings. The summed E-state index contributed by atoms with van der Waals surface area (Å²) in [5.74, 6) is 0. The first-order valence-electron chi connectivity index (χ1n) is 8.75. The van der Waals surface area contributed by atoms with E-state index in [-0.39, 0.29) is 10.6 Å². The molecule has 0 aliphatic carbocycles. The van der Waals surface area contributed by atoms with E-state index in [9.17, 15) is 10.1 Å². The largest absolute Gasteiger partial charge is 0.371 e. The van der Waals surface area contributed by atoms with Crippen LogP contribution >= 0.6 is 11.3 Å². The van der Waals surface area contributed by atoms with Crippen molar-refractivity contribution in [3.05, 3.63) is 70.3 Å². The van der Waals surface area contributed by atoms with Gasteiger partial charge in [-0.2, -0.15) is 0 Å². The Morgan fingerprint density at radius 3 is 2.04 bits per heavy atom. The quantitative estimate of drug-likeness (QED) is 0.388. The molecule has 5 heteroatoms. The Hall–Kier alpha value is -2.66. The van der Waals surface area contributed by atoms with Gasteiger partial charge in [0.15, 0.2) is 0 Å². The molecule has 0 N–H and O–H groups in total. The normalized spacial score (nSPS) is 10.7. The Balaban J connectivity index is 2.16. The fourth-order valence-electron chi connectivity index (χ4n) is 3.22. The summed E-state index contributed by atoms with van der Waals surface area (Å²) in [7, 11) is 0. The van der Waals surface area contributed by atoms with Gasteiger partial charge in [-0.1, -0.05) is 30.3 Å². The number of anilines is 1. The van der Waals surface area contributed by atoms with Crippen molar-refractivity contribution in [2.45, 2.75) is 20.8 Å². The predicted octanol–water partition coefficient (Wildman–Crippen LogP) is 6.14. The zero-order valence-corrected chi connectivity index (χ0v) is 16.0. The van der Waals surface area contributed by atoms with Crippen LogP contribution in [0.4, 0.5) is 11.4 Å². The number of benzene rings is 2. The third-order valence-electron chi connectivity index (χ3n) is 4.57. The number of nitrogens with zero attached hydrogens (tertiary/aromatic N) is 2. The van der Waals surface area contributed by atoms with Crippen LogP contribution in [0.5, 0.6) is 0 Å². The lowest BCUT2D eigenvalue weighted by atomic mass is 10.1. The van der Waals surface area contributed by atoms with Crippen molar-refractivity contribution in [3.8, 4) is 20.9 Å². The molecule has 1 heterocycles. The number of hydrogen-bond donors (Lipinski definition) is 0. The van der Waals surface area contributed by atoms with Crippen LogP contribution in [-0.2, 0) is 0 Å². The Bertz CT molecular complexity index is 898. The zero-order valence-electron chi connectivity index (χ0n) is 15.2. The van der Waals surface area contributed by atoms with Crippen LogP contribution in [-0.4, -0.2) is 18.0 Å². The third kappa shape index (κ3) is 3.35. The highest BCUT2D eigenvalue weighted by atomic mass is 32.1. The van der Waals surface area contributed by atoms with Gasteiger partial charge in [0.25, 0.3) is 5.69 Å². The summed E-state index contributed by atoms with van der Waals surface area (Å²) in [6.45, 7) is 8.36. The minimum absolute atomic E-state index is 0.121. The van der Waals surface area contributed by atoms with Crippen LogP contribution in [0.2, 0.25) is 0 Å². The average Bonchev–Trinajstić information content (AvgIpc) is 3.01. The van der Waals surface area contributed by atoms with E-state index in [1.54, 1.807) is 23.5 Å². The first kappa shape index (κ1) is 18.1. The Labute approximate surface area is 157 Å². The summed E-state index contributed by atoms with van der Waals surface area (Å²) in [4.78, 5) is 15.4. The minimum Gasteiger partial charge on any atom is -0.371 e. The smallest absolute Gasteiger partial charge is 0.269 e. The van der Waals surface area contributed by atoms with Crippen LogP contribution in [0, 0.1) is 17.0 Å². The number of rotatable bonds is 6. The number of thiophene rings is 1. The second-order valence-corrected chi connectivity index (χ2v) is 7.10. The molecule has 1 aromatic heterocycles. The molecule has 0 bridgehead atoms. The molecule has 0 aliphatic heterocycles. The van der Waals surface area contributed by atoms with Crippen molar-refractivity contribution in [2.75, 3.05) is 18.0 Å². The van der Waals surface area contributed by atoms with Gasteiger partial charge in [0.1, 0.15) is 0 Å². The van der Waals surface area contributed by atoms with Gasteiger partial charge in [-0.05, 0) is 49.6 Å². The van der Waals surface area contributed by atoms with E-state index in [1.807, 2.05) is 18.2 Å². The molecule has 4 nitrogen and oxygen atoms in total.